The summed E-state index contributed by atoms with van der Waals surface area (Å²) in [4.78, 5) is 19.7. The van der Waals surface area contributed by atoms with Crippen molar-refractivity contribution in [1.29, 1.82) is 0 Å². The number of nitrogens with one attached hydrogen (secondary N) is 2. The van der Waals surface area contributed by atoms with E-state index in [2.05, 4.69) is 25.3 Å². The van der Waals surface area contributed by atoms with E-state index in [0.717, 1.165) is 18.8 Å². The molecular formula is C13H20N4O2. The quantitative estimate of drug-likeness (QED) is 0.794. The lowest BCUT2D eigenvalue weighted by molar-refractivity contribution is 0.0586. The van der Waals surface area contributed by atoms with Crippen molar-refractivity contribution < 1.29 is 9.53 Å². The van der Waals surface area contributed by atoms with Crippen LogP contribution in [0, 0.1) is 6.92 Å². The molecule has 1 atom stereocenters. The van der Waals surface area contributed by atoms with E-state index >= 15 is 0 Å². The zero-order valence-electron chi connectivity index (χ0n) is 11.4. The number of rotatable bonds is 4. The summed E-state index contributed by atoms with van der Waals surface area (Å²) in [6, 6.07) is 2.29. The van der Waals surface area contributed by atoms with Gasteiger partial charge in [0.25, 0.3) is 0 Å². The Balaban J connectivity index is 1.99. The number of ether oxygens (including phenoxy) is 1. The third kappa shape index (κ3) is 3.89. The molecule has 1 fully saturated rings. The number of hydrogen-bond donors (Lipinski definition) is 2. The van der Waals surface area contributed by atoms with Gasteiger partial charge >= 0.3 is 5.97 Å². The average Bonchev–Trinajstić information content (AvgIpc) is 2.45. The Kier molecular flexibility index (Phi) is 4.68. The van der Waals surface area contributed by atoms with Crippen LogP contribution in [-0.4, -0.2) is 42.2 Å². The van der Waals surface area contributed by atoms with Gasteiger partial charge in [-0.15, -0.1) is 0 Å². The minimum atomic E-state index is -0.512. The number of esters is 1. The van der Waals surface area contributed by atoms with E-state index in [1.54, 1.807) is 0 Å². The summed E-state index contributed by atoms with van der Waals surface area (Å²) >= 11 is 0. The lowest BCUT2D eigenvalue weighted by atomic mass is 10.1. The molecule has 1 saturated heterocycles. The first-order valence-electron chi connectivity index (χ1n) is 6.60. The number of nitrogens with zero attached hydrogens (tertiary/aromatic N) is 2. The topological polar surface area (TPSA) is 76.1 Å². The number of methoxy groups -OCH3 is 1. The van der Waals surface area contributed by atoms with Gasteiger partial charge in [0.05, 0.1) is 7.11 Å². The number of aromatic nitrogens is 2. The van der Waals surface area contributed by atoms with Crippen LogP contribution >= 0.6 is 0 Å². The molecule has 0 aliphatic carbocycles. The van der Waals surface area contributed by atoms with Gasteiger partial charge in [-0.3, -0.25) is 0 Å². The van der Waals surface area contributed by atoms with E-state index in [9.17, 15) is 4.79 Å². The first-order valence-corrected chi connectivity index (χ1v) is 6.60. The highest BCUT2D eigenvalue weighted by molar-refractivity contribution is 5.85. The summed E-state index contributed by atoms with van der Waals surface area (Å²) in [7, 11) is 1.33. The predicted molar refractivity (Wildman–Crippen MR) is 72.2 cm³/mol. The maximum atomic E-state index is 11.4. The van der Waals surface area contributed by atoms with Gasteiger partial charge in [0.15, 0.2) is 0 Å². The highest BCUT2D eigenvalue weighted by Crippen LogP contribution is 2.10. The normalized spacial score (nSPS) is 18.9. The third-order valence-corrected chi connectivity index (χ3v) is 3.16. The molecule has 0 spiro atoms. The minimum absolute atomic E-state index is 0.0987. The van der Waals surface area contributed by atoms with Crippen LogP contribution in [-0.2, 0) is 4.74 Å². The van der Waals surface area contributed by atoms with E-state index in [4.69, 9.17) is 0 Å². The second kappa shape index (κ2) is 6.47. The van der Waals surface area contributed by atoms with Gasteiger partial charge in [0.1, 0.15) is 5.82 Å². The Morgan fingerprint density at radius 1 is 1.53 bits per heavy atom. The SMILES string of the molecule is COC(=O)c1nc(C)cc(NCC2CCCCN2)n1. The molecule has 1 aromatic rings. The second-order valence-corrected chi connectivity index (χ2v) is 4.74. The van der Waals surface area contributed by atoms with Crippen molar-refractivity contribution >= 4 is 11.8 Å². The Morgan fingerprint density at radius 3 is 3.05 bits per heavy atom. The molecule has 1 aliphatic heterocycles. The summed E-state index contributed by atoms with van der Waals surface area (Å²) < 4.78 is 4.64. The number of anilines is 1. The summed E-state index contributed by atoms with van der Waals surface area (Å²) in [5.74, 6) is 0.254. The fraction of sp³-hybridized carbons (Fsp3) is 0.615. The monoisotopic (exact) mass is 264 g/mol. The van der Waals surface area contributed by atoms with Crippen molar-refractivity contribution in [1.82, 2.24) is 15.3 Å². The molecule has 0 aromatic carbocycles. The minimum Gasteiger partial charge on any atom is -0.463 e. The zero-order chi connectivity index (χ0) is 13.7. The third-order valence-electron chi connectivity index (χ3n) is 3.16. The van der Waals surface area contributed by atoms with Crippen LogP contribution in [0.25, 0.3) is 0 Å². The molecule has 6 heteroatoms. The molecule has 2 heterocycles. The van der Waals surface area contributed by atoms with Crippen molar-refractivity contribution in [2.75, 3.05) is 25.5 Å². The summed E-state index contributed by atoms with van der Waals surface area (Å²) in [6.07, 6.45) is 3.67. The number of carbonyl (C=O) groups is 1. The van der Waals surface area contributed by atoms with Gasteiger partial charge in [-0.25, -0.2) is 14.8 Å². The molecular weight excluding hydrogens is 244 g/mol. The Morgan fingerprint density at radius 2 is 2.37 bits per heavy atom. The summed E-state index contributed by atoms with van der Waals surface area (Å²) in [5, 5.41) is 6.71. The molecule has 2 N–H and O–H groups in total. The van der Waals surface area contributed by atoms with Crippen molar-refractivity contribution in [3.63, 3.8) is 0 Å². The van der Waals surface area contributed by atoms with E-state index in [0.29, 0.717) is 11.9 Å². The van der Waals surface area contributed by atoms with Gasteiger partial charge in [-0.1, -0.05) is 6.42 Å². The summed E-state index contributed by atoms with van der Waals surface area (Å²) in [5.41, 5.74) is 0.745. The number of aryl methyl sites for hydroxylation is 1. The van der Waals surface area contributed by atoms with E-state index in [1.165, 1.54) is 26.4 Å². The smallest absolute Gasteiger partial charge is 0.376 e. The van der Waals surface area contributed by atoms with Crippen molar-refractivity contribution in [2.24, 2.45) is 0 Å². The predicted octanol–water partition coefficient (Wildman–Crippen LogP) is 1.13. The highest BCUT2D eigenvalue weighted by atomic mass is 16.5. The highest BCUT2D eigenvalue weighted by Gasteiger charge is 2.14. The Hall–Kier alpha value is -1.69. The molecule has 0 bridgehead atoms. The van der Waals surface area contributed by atoms with Gasteiger partial charge < -0.3 is 15.4 Å². The van der Waals surface area contributed by atoms with Gasteiger partial charge in [-0.05, 0) is 26.3 Å². The van der Waals surface area contributed by atoms with Crippen LogP contribution < -0.4 is 10.6 Å². The van der Waals surface area contributed by atoms with Gasteiger partial charge in [-0.2, -0.15) is 0 Å². The van der Waals surface area contributed by atoms with Crippen LogP contribution in [0.2, 0.25) is 0 Å². The van der Waals surface area contributed by atoms with Gasteiger partial charge in [0.2, 0.25) is 5.82 Å². The molecule has 0 amide bonds. The van der Waals surface area contributed by atoms with Crippen LogP contribution in [0.5, 0.6) is 0 Å². The van der Waals surface area contributed by atoms with Crippen molar-refractivity contribution in [3.8, 4) is 0 Å². The standard InChI is InChI=1S/C13H20N4O2/c1-9-7-11(17-12(16-9)13(18)19-2)15-8-10-5-3-4-6-14-10/h7,10,14H,3-6,8H2,1-2H3,(H,15,16,17). The molecule has 2 rings (SSSR count). The van der Waals surface area contributed by atoms with E-state index in [-0.39, 0.29) is 5.82 Å². The number of hydrogen-bond acceptors (Lipinski definition) is 6. The largest absolute Gasteiger partial charge is 0.463 e. The number of carbonyl (C=O) groups excluding carboxylic acids is 1. The fourth-order valence-corrected chi connectivity index (χ4v) is 2.17. The Labute approximate surface area is 113 Å². The molecule has 1 aromatic heterocycles. The maximum Gasteiger partial charge on any atom is 0.376 e. The van der Waals surface area contributed by atoms with Crippen LogP contribution in [0.1, 0.15) is 35.6 Å². The van der Waals surface area contributed by atoms with E-state index in [1.807, 2.05) is 13.0 Å². The molecule has 0 radical (unpaired) electrons. The van der Waals surface area contributed by atoms with Crippen molar-refractivity contribution in [2.45, 2.75) is 32.2 Å². The zero-order valence-corrected chi connectivity index (χ0v) is 11.4. The van der Waals surface area contributed by atoms with Gasteiger partial charge in [0, 0.05) is 24.3 Å². The molecule has 1 aliphatic rings. The second-order valence-electron chi connectivity index (χ2n) is 4.74. The maximum absolute atomic E-state index is 11.4. The van der Waals surface area contributed by atoms with Crippen LogP contribution in [0.15, 0.2) is 6.07 Å². The lowest BCUT2D eigenvalue weighted by Crippen LogP contribution is -2.39. The fourth-order valence-electron chi connectivity index (χ4n) is 2.17. The van der Waals surface area contributed by atoms with Crippen LogP contribution in [0.4, 0.5) is 5.82 Å². The molecule has 19 heavy (non-hydrogen) atoms. The van der Waals surface area contributed by atoms with Crippen LogP contribution in [0.3, 0.4) is 0 Å². The first kappa shape index (κ1) is 13.7. The first-order chi connectivity index (χ1) is 9.19. The number of piperidine rings is 1. The molecule has 0 saturated carbocycles. The Bertz CT molecular complexity index is 444. The molecule has 104 valence electrons. The average molecular weight is 264 g/mol. The van der Waals surface area contributed by atoms with Crippen molar-refractivity contribution in [3.05, 3.63) is 17.6 Å². The summed E-state index contributed by atoms with van der Waals surface area (Å²) in [6.45, 7) is 3.71. The van der Waals surface area contributed by atoms with E-state index < -0.39 is 5.97 Å². The molecule has 1 unspecified atom stereocenters. The lowest BCUT2D eigenvalue weighted by Gasteiger charge is -2.23. The molecule has 6 nitrogen and oxygen atoms in total.